The number of imide groups is 1. The number of morpholine rings is 1. The monoisotopic (exact) mass is 288 g/mol. The van der Waals surface area contributed by atoms with Crippen molar-refractivity contribution in [1.29, 1.82) is 0 Å². The molecule has 1 aromatic rings. The van der Waals surface area contributed by atoms with E-state index in [9.17, 15) is 14.4 Å². The highest BCUT2D eigenvalue weighted by Gasteiger charge is 2.47. The largest absolute Gasteiger partial charge is 0.478 e. The van der Waals surface area contributed by atoms with Gasteiger partial charge in [-0.3, -0.25) is 9.59 Å². The molecule has 7 heteroatoms. The van der Waals surface area contributed by atoms with Crippen LogP contribution in [0.2, 0.25) is 0 Å². The average molecular weight is 288 g/mol. The van der Waals surface area contributed by atoms with Crippen molar-refractivity contribution in [2.24, 2.45) is 0 Å². The molecule has 7 nitrogen and oxygen atoms in total. The molecule has 1 N–H and O–H groups in total. The molecule has 108 valence electrons. The number of aromatic nitrogens is 1. The lowest BCUT2D eigenvalue weighted by Gasteiger charge is -2.29. The number of anilines is 1. The Morgan fingerprint density at radius 1 is 1.33 bits per heavy atom. The summed E-state index contributed by atoms with van der Waals surface area (Å²) in [5.74, 6) is -1.72. The van der Waals surface area contributed by atoms with E-state index in [1.807, 2.05) is 0 Å². The van der Waals surface area contributed by atoms with E-state index in [-0.39, 0.29) is 5.82 Å². The summed E-state index contributed by atoms with van der Waals surface area (Å²) in [5.41, 5.74) is 0.543. The molecular formula is C14H12N2O5. The normalized spacial score (nSPS) is 24.9. The summed E-state index contributed by atoms with van der Waals surface area (Å²) in [6, 6.07) is 3.09. The molecule has 2 bridgehead atoms. The second-order valence-corrected chi connectivity index (χ2v) is 4.82. The first-order valence-electron chi connectivity index (χ1n) is 6.46. The summed E-state index contributed by atoms with van der Waals surface area (Å²) in [4.78, 5) is 40.0. The molecule has 2 saturated heterocycles. The van der Waals surface area contributed by atoms with Crippen molar-refractivity contribution in [3.05, 3.63) is 30.0 Å². The highest BCUT2D eigenvalue weighted by atomic mass is 16.5. The first-order chi connectivity index (χ1) is 10.1. The van der Waals surface area contributed by atoms with Gasteiger partial charge >= 0.3 is 5.97 Å². The summed E-state index contributed by atoms with van der Waals surface area (Å²) in [7, 11) is 0. The fourth-order valence-electron chi connectivity index (χ4n) is 2.45. The lowest BCUT2D eigenvalue weighted by Crippen LogP contribution is -2.52. The van der Waals surface area contributed by atoms with Crippen LogP contribution in [-0.4, -0.2) is 40.1 Å². The third kappa shape index (κ3) is 2.43. The van der Waals surface area contributed by atoms with E-state index >= 15 is 0 Å². The topological polar surface area (TPSA) is 96.8 Å². The zero-order chi connectivity index (χ0) is 15.0. The number of carbonyl (C=O) groups excluding carboxylic acids is 2. The molecule has 2 amide bonds. The minimum atomic E-state index is -1.08. The number of fused-ring (bicyclic) bond motifs is 2. The molecule has 21 heavy (non-hydrogen) atoms. The minimum Gasteiger partial charge on any atom is -0.478 e. The zero-order valence-electron chi connectivity index (χ0n) is 10.9. The van der Waals surface area contributed by atoms with Gasteiger partial charge in [-0.15, -0.1) is 0 Å². The van der Waals surface area contributed by atoms with Crippen LogP contribution in [-0.2, 0) is 19.1 Å². The molecule has 0 spiro atoms. The second kappa shape index (κ2) is 5.10. The molecule has 0 saturated carbocycles. The van der Waals surface area contributed by atoms with E-state index in [1.54, 1.807) is 6.07 Å². The van der Waals surface area contributed by atoms with Crippen LogP contribution in [0.5, 0.6) is 0 Å². The predicted octanol–water partition coefficient (Wildman–Crippen LogP) is 0.600. The molecule has 2 unspecified atom stereocenters. The van der Waals surface area contributed by atoms with E-state index < -0.39 is 30.0 Å². The van der Waals surface area contributed by atoms with Crippen LogP contribution in [0.15, 0.2) is 24.4 Å². The van der Waals surface area contributed by atoms with Crippen LogP contribution in [0.25, 0.3) is 6.08 Å². The molecule has 2 aliphatic heterocycles. The molecule has 0 radical (unpaired) electrons. The predicted molar refractivity (Wildman–Crippen MR) is 71.3 cm³/mol. The number of nitrogens with zero attached hydrogens (tertiary/aromatic N) is 2. The number of carbonyl (C=O) groups is 3. The summed E-state index contributed by atoms with van der Waals surface area (Å²) in [6.45, 7) is 0. The van der Waals surface area contributed by atoms with Gasteiger partial charge in [-0.25, -0.2) is 14.7 Å². The van der Waals surface area contributed by atoms with Crippen LogP contribution in [0, 0.1) is 0 Å². The van der Waals surface area contributed by atoms with Gasteiger partial charge in [0.1, 0.15) is 18.0 Å². The Kier molecular flexibility index (Phi) is 3.26. The smallest absolute Gasteiger partial charge is 0.328 e. The Balaban J connectivity index is 1.93. The number of ether oxygens (including phenoxy) is 1. The van der Waals surface area contributed by atoms with Gasteiger partial charge in [0.2, 0.25) is 0 Å². The molecule has 2 atom stereocenters. The molecule has 1 aromatic heterocycles. The average Bonchev–Trinajstić information content (AvgIpc) is 2.91. The number of pyridine rings is 1. The Labute approximate surface area is 119 Å². The third-order valence-corrected chi connectivity index (χ3v) is 3.43. The lowest BCUT2D eigenvalue weighted by molar-refractivity contribution is -0.147. The van der Waals surface area contributed by atoms with Crippen molar-refractivity contribution in [2.75, 3.05) is 4.90 Å². The number of rotatable bonds is 3. The first-order valence-corrected chi connectivity index (χ1v) is 6.46. The SMILES string of the molecule is O=C(O)/C=C/c1ccnc(N2C(=O)C3CCC(O3)C2=O)c1. The van der Waals surface area contributed by atoms with Crippen molar-refractivity contribution in [3.63, 3.8) is 0 Å². The molecule has 3 heterocycles. The van der Waals surface area contributed by atoms with Gasteiger partial charge in [-0.1, -0.05) is 0 Å². The molecule has 0 aliphatic carbocycles. The minimum absolute atomic E-state index is 0.192. The number of carboxylic acids is 1. The van der Waals surface area contributed by atoms with Gasteiger partial charge < -0.3 is 9.84 Å². The molecule has 2 aliphatic rings. The van der Waals surface area contributed by atoms with Gasteiger partial charge in [0.15, 0.2) is 0 Å². The Morgan fingerprint density at radius 3 is 2.62 bits per heavy atom. The maximum Gasteiger partial charge on any atom is 0.328 e. The molecular weight excluding hydrogens is 276 g/mol. The van der Waals surface area contributed by atoms with Gasteiger partial charge in [-0.2, -0.15) is 0 Å². The van der Waals surface area contributed by atoms with Gasteiger partial charge in [0.05, 0.1) is 0 Å². The highest BCUT2D eigenvalue weighted by Crippen LogP contribution is 2.31. The maximum atomic E-state index is 12.2. The van der Waals surface area contributed by atoms with Crippen LogP contribution in [0.3, 0.4) is 0 Å². The summed E-state index contributed by atoms with van der Waals surface area (Å²) < 4.78 is 5.32. The van der Waals surface area contributed by atoms with Crippen molar-refractivity contribution >= 4 is 29.7 Å². The zero-order valence-corrected chi connectivity index (χ0v) is 10.9. The summed E-state index contributed by atoms with van der Waals surface area (Å²) in [6.07, 6.45) is 3.66. The van der Waals surface area contributed by atoms with Gasteiger partial charge in [-0.05, 0) is 36.6 Å². The maximum absolute atomic E-state index is 12.2. The van der Waals surface area contributed by atoms with Crippen LogP contribution in [0.4, 0.5) is 5.82 Å². The standard InChI is InChI=1S/C14H12N2O5/c17-12(18)4-1-8-5-6-15-11(7-8)16-13(19)9-2-3-10(21-9)14(16)20/h1,4-7,9-10H,2-3H2,(H,17,18)/b4-1+. The second-order valence-electron chi connectivity index (χ2n) is 4.82. The lowest BCUT2D eigenvalue weighted by atomic mass is 10.2. The van der Waals surface area contributed by atoms with Gasteiger partial charge in [0.25, 0.3) is 11.8 Å². The Hall–Kier alpha value is -2.54. The summed E-state index contributed by atoms with van der Waals surface area (Å²) in [5, 5.41) is 8.62. The fourth-order valence-corrected chi connectivity index (χ4v) is 2.45. The Bertz CT molecular complexity index is 633. The number of hydrogen-bond acceptors (Lipinski definition) is 5. The molecule has 3 rings (SSSR count). The van der Waals surface area contributed by atoms with Crippen molar-refractivity contribution < 1.29 is 24.2 Å². The summed E-state index contributed by atoms with van der Waals surface area (Å²) >= 11 is 0. The number of hydrogen-bond donors (Lipinski definition) is 1. The quantitative estimate of drug-likeness (QED) is 0.646. The van der Waals surface area contributed by atoms with Crippen molar-refractivity contribution in [3.8, 4) is 0 Å². The number of amides is 2. The third-order valence-electron chi connectivity index (χ3n) is 3.43. The van der Waals surface area contributed by atoms with Crippen LogP contribution < -0.4 is 4.90 Å². The van der Waals surface area contributed by atoms with Crippen molar-refractivity contribution in [2.45, 2.75) is 25.0 Å². The molecule has 0 aromatic carbocycles. The highest BCUT2D eigenvalue weighted by molar-refractivity contribution is 6.19. The number of carboxylic acid groups (broad SMARTS) is 1. The fraction of sp³-hybridized carbons (Fsp3) is 0.286. The number of aliphatic carboxylic acids is 1. The first kappa shape index (κ1) is 13.4. The Morgan fingerprint density at radius 2 is 2.00 bits per heavy atom. The molecule has 2 fully saturated rings. The van der Waals surface area contributed by atoms with E-state index in [4.69, 9.17) is 9.84 Å². The van der Waals surface area contributed by atoms with E-state index in [0.717, 1.165) is 11.0 Å². The van der Waals surface area contributed by atoms with Crippen LogP contribution >= 0.6 is 0 Å². The van der Waals surface area contributed by atoms with Crippen LogP contribution in [0.1, 0.15) is 18.4 Å². The van der Waals surface area contributed by atoms with E-state index in [2.05, 4.69) is 4.98 Å². The van der Waals surface area contributed by atoms with E-state index in [1.165, 1.54) is 18.3 Å². The van der Waals surface area contributed by atoms with Gasteiger partial charge in [0, 0.05) is 12.3 Å². The van der Waals surface area contributed by atoms with E-state index in [0.29, 0.717) is 18.4 Å². The van der Waals surface area contributed by atoms with Crippen molar-refractivity contribution in [1.82, 2.24) is 4.98 Å².